The lowest BCUT2D eigenvalue weighted by molar-refractivity contribution is -0.118. The number of benzene rings is 1. The van der Waals surface area contributed by atoms with E-state index in [0.717, 1.165) is 0 Å². The van der Waals surface area contributed by atoms with Crippen molar-refractivity contribution in [2.75, 3.05) is 18.5 Å². The van der Waals surface area contributed by atoms with Crippen molar-refractivity contribution >= 4 is 21.4 Å². The summed E-state index contributed by atoms with van der Waals surface area (Å²) in [6.45, 7) is 0. The molecule has 0 spiro atoms. The first-order valence-electron chi connectivity index (χ1n) is 4.68. The fourth-order valence-electron chi connectivity index (χ4n) is 1.19. The Morgan fingerprint density at radius 2 is 1.88 bits per heavy atom. The molecule has 3 N–H and O–H groups in total. The lowest BCUT2D eigenvalue weighted by Gasteiger charge is -2.04. The molecular formula is C10H14N2O3S. The molecule has 1 aromatic carbocycles. The third kappa shape index (κ3) is 3.90. The molecular weight excluding hydrogens is 228 g/mol. The fraction of sp³-hybridized carbons (Fsp3) is 0.300. The van der Waals surface area contributed by atoms with Crippen LogP contribution in [0.15, 0.2) is 24.3 Å². The van der Waals surface area contributed by atoms with E-state index in [1.807, 2.05) is 0 Å². The van der Waals surface area contributed by atoms with Gasteiger partial charge in [-0.3, -0.25) is 4.79 Å². The van der Waals surface area contributed by atoms with Crippen LogP contribution < -0.4 is 11.1 Å². The van der Waals surface area contributed by atoms with E-state index in [1.54, 1.807) is 24.3 Å². The Morgan fingerprint density at radius 1 is 1.31 bits per heavy atom. The largest absolute Gasteiger partial charge is 0.399 e. The Labute approximate surface area is 94.6 Å². The second-order valence-corrected chi connectivity index (χ2v) is 5.51. The number of hydrogen-bond donors (Lipinski definition) is 2. The lowest BCUT2D eigenvalue weighted by Crippen LogP contribution is -2.27. The number of sulfone groups is 1. The van der Waals surface area contributed by atoms with Crippen LogP contribution in [0.3, 0.4) is 0 Å². The minimum Gasteiger partial charge on any atom is -0.399 e. The predicted molar refractivity (Wildman–Crippen MR) is 62.4 cm³/mol. The average molecular weight is 242 g/mol. The zero-order chi connectivity index (χ0) is 12.2. The van der Waals surface area contributed by atoms with E-state index >= 15 is 0 Å². The van der Waals surface area contributed by atoms with Crippen LogP contribution in [0, 0.1) is 0 Å². The summed E-state index contributed by atoms with van der Waals surface area (Å²) in [4.78, 5) is 11.0. The normalized spacial score (nSPS) is 11.1. The number of nitrogen functional groups attached to an aromatic ring is 1. The van der Waals surface area contributed by atoms with Crippen LogP contribution in [-0.4, -0.2) is 27.1 Å². The van der Waals surface area contributed by atoms with Crippen LogP contribution in [0.2, 0.25) is 0 Å². The fourth-order valence-corrected chi connectivity index (χ4v) is 2.54. The summed E-state index contributed by atoms with van der Waals surface area (Å²) in [6, 6.07) is 6.53. The molecule has 1 rings (SSSR count). The number of anilines is 1. The van der Waals surface area contributed by atoms with Gasteiger partial charge in [0.2, 0.25) is 5.91 Å². The van der Waals surface area contributed by atoms with Crippen molar-refractivity contribution in [1.29, 1.82) is 0 Å². The third-order valence-corrected chi connectivity index (χ3v) is 3.47. The maximum absolute atomic E-state index is 11.6. The Bertz CT molecular complexity index is 465. The summed E-state index contributed by atoms with van der Waals surface area (Å²) < 4.78 is 23.1. The van der Waals surface area contributed by atoms with E-state index in [1.165, 1.54) is 7.05 Å². The molecule has 1 aromatic rings. The van der Waals surface area contributed by atoms with E-state index in [4.69, 9.17) is 5.73 Å². The molecule has 0 aromatic heterocycles. The highest BCUT2D eigenvalue weighted by Crippen LogP contribution is 2.09. The highest BCUT2D eigenvalue weighted by Gasteiger charge is 2.16. The van der Waals surface area contributed by atoms with Gasteiger partial charge in [0, 0.05) is 12.7 Å². The van der Waals surface area contributed by atoms with Crippen molar-refractivity contribution in [1.82, 2.24) is 5.32 Å². The quantitative estimate of drug-likeness (QED) is 0.723. The number of hydrogen-bond acceptors (Lipinski definition) is 4. The molecule has 0 fully saturated rings. The van der Waals surface area contributed by atoms with Crippen molar-refractivity contribution in [2.45, 2.75) is 5.75 Å². The molecule has 0 aliphatic heterocycles. The maximum Gasteiger partial charge on any atom is 0.234 e. The zero-order valence-corrected chi connectivity index (χ0v) is 9.75. The van der Waals surface area contributed by atoms with E-state index in [2.05, 4.69) is 5.32 Å². The van der Waals surface area contributed by atoms with Gasteiger partial charge in [0.25, 0.3) is 0 Å². The highest BCUT2D eigenvalue weighted by atomic mass is 32.2. The number of rotatable bonds is 4. The third-order valence-electron chi connectivity index (χ3n) is 2.00. The summed E-state index contributed by atoms with van der Waals surface area (Å²) in [7, 11) is -2.01. The van der Waals surface area contributed by atoms with Crippen LogP contribution in [0.25, 0.3) is 0 Å². The molecule has 0 aliphatic rings. The van der Waals surface area contributed by atoms with E-state index in [9.17, 15) is 13.2 Å². The van der Waals surface area contributed by atoms with Crippen LogP contribution in [0.5, 0.6) is 0 Å². The van der Waals surface area contributed by atoms with Gasteiger partial charge in [0.1, 0.15) is 5.75 Å². The molecule has 0 atom stereocenters. The van der Waals surface area contributed by atoms with Gasteiger partial charge in [-0.05, 0) is 17.7 Å². The van der Waals surface area contributed by atoms with Crippen molar-refractivity contribution in [3.63, 3.8) is 0 Å². The molecule has 0 unspecified atom stereocenters. The summed E-state index contributed by atoms with van der Waals surface area (Å²) in [5.41, 5.74) is 6.68. The molecule has 0 aliphatic carbocycles. The molecule has 0 heterocycles. The van der Waals surface area contributed by atoms with E-state index in [-0.39, 0.29) is 5.75 Å². The van der Waals surface area contributed by atoms with Gasteiger partial charge in [0.05, 0.1) is 5.75 Å². The number of carbonyl (C=O) groups is 1. The van der Waals surface area contributed by atoms with E-state index < -0.39 is 21.5 Å². The minimum atomic E-state index is -3.41. The average Bonchev–Trinajstić information content (AvgIpc) is 2.20. The Balaban J connectivity index is 2.73. The molecule has 88 valence electrons. The minimum absolute atomic E-state index is 0.152. The predicted octanol–water partition coefficient (Wildman–Crippen LogP) is -0.0704. The molecule has 1 amide bonds. The van der Waals surface area contributed by atoms with Gasteiger partial charge in [-0.15, -0.1) is 0 Å². The van der Waals surface area contributed by atoms with Crippen molar-refractivity contribution < 1.29 is 13.2 Å². The first kappa shape index (κ1) is 12.5. The summed E-state index contributed by atoms with van der Waals surface area (Å²) in [6.07, 6.45) is 0. The van der Waals surface area contributed by atoms with Gasteiger partial charge in [-0.25, -0.2) is 8.42 Å². The number of nitrogens with two attached hydrogens (primary N) is 1. The Morgan fingerprint density at radius 3 is 2.38 bits per heavy atom. The highest BCUT2D eigenvalue weighted by molar-refractivity contribution is 7.91. The number of nitrogens with one attached hydrogen (secondary N) is 1. The van der Waals surface area contributed by atoms with E-state index in [0.29, 0.717) is 11.3 Å². The first-order chi connectivity index (χ1) is 7.43. The maximum atomic E-state index is 11.6. The van der Waals surface area contributed by atoms with Crippen LogP contribution >= 0.6 is 0 Å². The summed E-state index contributed by atoms with van der Waals surface area (Å²) >= 11 is 0. The Kier molecular flexibility index (Phi) is 3.89. The van der Waals surface area contributed by atoms with Crippen LogP contribution in [0.1, 0.15) is 5.56 Å². The molecule has 0 saturated carbocycles. The van der Waals surface area contributed by atoms with Crippen molar-refractivity contribution in [3.8, 4) is 0 Å². The number of amides is 1. The molecule has 0 bridgehead atoms. The first-order valence-corrected chi connectivity index (χ1v) is 6.50. The van der Waals surface area contributed by atoms with Gasteiger partial charge in [-0.2, -0.15) is 0 Å². The molecule has 0 radical (unpaired) electrons. The molecule has 6 heteroatoms. The van der Waals surface area contributed by atoms with Crippen molar-refractivity contribution in [2.24, 2.45) is 0 Å². The monoisotopic (exact) mass is 242 g/mol. The standard InChI is InChI=1S/C10H14N2O3S/c1-12-10(13)7-16(14,15)6-8-2-4-9(11)5-3-8/h2-5H,6-7,11H2,1H3,(H,12,13). The lowest BCUT2D eigenvalue weighted by atomic mass is 10.2. The number of carbonyl (C=O) groups excluding carboxylic acids is 1. The summed E-state index contributed by atoms with van der Waals surface area (Å²) in [5.74, 6) is -1.15. The topological polar surface area (TPSA) is 89.3 Å². The van der Waals surface area contributed by atoms with Crippen molar-refractivity contribution in [3.05, 3.63) is 29.8 Å². The molecule has 16 heavy (non-hydrogen) atoms. The van der Waals surface area contributed by atoms with Crippen LogP contribution in [0.4, 0.5) is 5.69 Å². The molecule has 5 nitrogen and oxygen atoms in total. The van der Waals surface area contributed by atoms with Gasteiger partial charge in [-0.1, -0.05) is 12.1 Å². The SMILES string of the molecule is CNC(=O)CS(=O)(=O)Cc1ccc(N)cc1. The molecule has 0 saturated heterocycles. The van der Waals surface area contributed by atoms with Crippen LogP contribution in [-0.2, 0) is 20.4 Å². The summed E-state index contributed by atoms with van der Waals surface area (Å²) in [5, 5.41) is 2.28. The second-order valence-electron chi connectivity index (χ2n) is 3.45. The zero-order valence-electron chi connectivity index (χ0n) is 8.93. The smallest absolute Gasteiger partial charge is 0.234 e. The Hall–Kier alpha value is -1.56. The second kappa shape index (κ2) is 4.98. The van der Waals surface area contributed by atoms with Gasteiger partial charge >= 0.3 is 0 Å². The van der Waals surface area contributed by atoms with Gasteiger partial charge < -0.3 is 11.1 Å². The van der Waals surface area contributed by atoms with Gasteiger partial charge in [0.15, 0.2) is 9.84 Å².